The summed E-state index contributed by atoms with van der Waals surface area (Å²) in [6.45, 7) is 0. The summed E-state index contributed by atoms with van der Waals surface area (Å²) in [5.74, 6) is 0. The topological polar surface area (TPSA) is 0 Å². The van der Waals surface area contributed by atoms with Crippen molar-refractivity contribution in [3.05, 3.63) is 273 Å². The van der Waals surface area contributed by atoms with Crippen LogP contribution in [-0.2, 0) is 24.5 Å². The Morgan fingerprint density at radius 2 is 0.317 bits per heavy atom. The van der Waals surface area contributed by atoms with Crippen LogP contribution < -0.4 is 47.7 Å². The Kier molecular flexibility index (Phi) is 11.9. The summed E-state index contributed by atoms with van der Waals surface area (Å²) >= 11 is 4.38. The predicted molar refractivity (Wildman–Crippen MR) is 265 cm³/mol. The van der Waals surface area contributed by atoms with E-state index in [2.05, 4.69) is 289 Å². The summed E-state index contributed by atoms with van der Waals surface area (Å²) < 4.78 is 0. The van der Waals surface area contributed by atoms with E-state index in [0.717, 1.165) is 0 Å². The van der Waals surface area contributed by atoms with Crippen LogP contribution in [-0.4, -0.2) is 0 Å². The average Bonchev–Trinajstić information content (AvgIpc) is 3.33. The fraction of sp³-hybridized carbons (Fsp3) is 0. The van der Waals surface area contributed by atoms with Crippen molar-refractivity contribution in [2.24, 2.45) is 0 Å². The van der Waals surface area contributed by atoms with Gasteiger partial charge in [0, 0.05) is 0 Å². The van der Waals surface area contributed by atoms with Gasteiger partial charge in [0.05, 0.1) is 0 Å². The monoisotopic (exact) mass is 1030 g/mol. The Balaban J connectivity index is 1.75. The second-order valence-electron chi connectivity index (χ2n) is 14.8. The first-order chi connectivity index (χ1) is 29.5. The van der Waals surface area contributed by atoms with Gasteiger partial charge in [-0.25, -0.2) is 0 Å². The van der Waals surface area contributed by atoms with Crippen molar-refractivity contribution in [3.63, 3.8) is 0 Å². The summed E-state index contributed by atoms with van der Waals surface area (Å²) in [7, 11) is 5.27. The molecule has 9 aromatic carbocycles. The van der Waals surface area contributed by atoms with Crippen LogP contribution in [0.5, 0.6) is 0 Å². The van der Waals surface area contributed by atoms with Gasteiger partial charge in [0.25, 0.3) is 0 Å². The van der Waals surface area contributed by atoms with E-state index in [4.69, 9.17) is 0 Å². The van der Waals surface area contributed by atoms with Crippen LogP contribution in [0.1, 0.15) is 0 Å². The Bertz CT molecular complexity index is 2170. The molecular formula is C54H48ClP3Rh2. The van der Waals surface area contributed by atoms with Gasteiger partial charge >= 0.3 is 372 Å². The van der Waals surface area contributed by atoms with Crippen molar-refractivity contribution < 1.29 is 24.5 Å². The maximum absolute atomic E-state index is 10.7. The van der Waals surface area contributed by atoms with Gasteiger partial charge in [0.2, 0.25) is 0 Å². The van der Waals surface area contributed by atoms with Crippen LogP contribution in [0.15, 0.2) is 273 Å². The molecule has 0 heterocycles. The standard InChI is InChI=1S/3C18H15P.ClH.2Rh/c3*1-4-10-16(11-5-1)19(17-12-6-2-7-13-17)18-14-8-3-9-15-18;;;/h3*1-15H;1H;;/q;;;;;-2/p+2. The zero-order valence-corrected chi connectivity index (χ0v) is 40.1. The molecule has 0 aliphatic heterocycles. The molecule has 9 rings (SSSR count). The Morgan fingerprint density at radius 1 is 0.217 bits per heavy atom. The van der Waals surface area contributed by atoms with Crippen molar-refractivity contribution in [1.29, 1.82) is 0 Å². The first-order valence-corrected chi connectivity index (χ1v) is 38.9. The third kappa shape index (κ3) is 6.03. The summed E-state index contributed by atoms with van der Waals surface area (Å²) in [6.07, 6.45) is 0. The second kappa shape index (κ2) is 17.3. The van der Waals surface area contributed by atoms with E-state index in [9.17, 15) is 9.69 Å². The third-order valence-electron chi connectivity index (χ3n) is 11.7. The van der Waals surface area contributed by atoms with E-state index in [1.54, 1.807) is 0 Å². The summed E-state index contributed by atoms with van der Waals surface area (Å²) in [5.41, 5.74) is -11.0. The van der Waals surface area contributed by atoms with Gasteiger partial charge < -0.3 is 0 Å². The molecule has 9 aromatic rings. The van der Waals surface area contributed by atoms with Crippen molar-refractivity contribution in [2.45, 2.75) is 0 Å². The normalized spacial score (nSPS) is 13.7. The SMILES string of the molecule is [Cl][Rh]([Rh])([PH](c1ccccc1)(c1ccccc1)c1ccccc1)([PH](c1ccccc1)(c1ccccc1)c1ccccc1)[PH](c1ccccc1)(c1ccccc1)c1ccccc1. The molecule has 0 N–H and O–H groups in total. The molecule has 0 unspecified atom stereocenters. The van der Waals surface area contributed by atoms with Crippen molar-refractivity contribution in [2.75, 3.05) is 0 Å². The minimum absolute atomic E-state index is 1.32. The predicted octanol–water partition coefficient (Wildman–Crippen LogP) is 10.2. The molecule has 304 valence electrons. The van der Waals surface area contributed by atoms with Gasteiger partial charge in [-0.05, 0) is 0 Å². The van der Waals surface area contributed by atoms with Gasteiger partial charge in [-0.15, -0.1) is 0 Å². The number of rotatable bonds is 12. The van der Waals surface area contributed by atoms with Crippen molar-refractivity contribution in [3.8, 4) is 0 Å². The van der Waals surface area contributed by atoms with Gasteiger partial charge in [-0.3, -0.25) is 0 Å². The van der Waals surface area contributed by atoms with Crippen LogP contribution in [0, 0.1) is 0 Å². The number of hydrogen-bond acceptors (Lipinski definition) is 0. The van der Waals surface area contributed by atoms with Gasteiger partial charge in [-0.1, -0.05) is 0 Å². The fourth-order valence-electron chi connectivity index (χ4n) is 9.49. The number of benzene rings is 9. The Hall–Kier alpha value is -4.19. The van der Waals surface area contributed by atoms with Crippen LogP contribution in [0.25, 0.3) is 0 Å². The molecule has 6 heteroatoms. The van der Waals surface area contributed by atoms with Gasteiger partial charge in [-0.2, -0.15) is 0 Å². The molecule has 0 bridgehead atoms. The second-order valence-corrected chi connectivity index (χ2v) is 79.5. The number of halogens is 1. The Labute approximate surface area is 368 Å². The summed E-state index contributed by atoms with van der Waals surface area (Å²) in [6, 6.07) is 104. The molecule has 0 aliphatic rings. The number of hydrogen-bond donors (Lipinski definition) is 0. The quantitative estimate of drug-likeness (QED) is 0.0845. The van der Waals surface area contributed by atoms with Crippen molar-refractivity contribution in [1.82, 2.24) is 0 Å². The van der Waals surface area contributed by atoms with Crippen LogP contribution in [0.4, 0.5) is 0 Å². The van der Waals surface area contributed by atoms with Crippen molar-refractivity contribution >= 4 is 74.2 Å². The maximum atomic E-state index is 10.7. The van der Waals surface area contributed by atoms with Gasteiger partial charge in [0.15, 0.2) is 0 Å². The molecule has 0 saturated heterocycles. The van der Waals surface area contributed by atoms with Gasteiger partial charge in [0.1, 0.15) is 0 Å². The van der Waals surface area contributed by atoms with E-state index in [0.29, 0.717) is 0 Å². The molecule has 0 aromatic heterocycles. The first-order valence-electron chi connectivity index (χ1n) is 20.2. The zero-order chi connectivity index (χ0) is 41.0. The molecular weight excluding hydrogens is 983 g/mol. The molecule has 0 saturated carbocycles. The fourth-order valence-corrected chi connectivity index (χ4v) is 147. The molecule has 60 heavy (non-hydrogen) atoms. The molecule has 0 radical (unpaired) electrons. The molecule has 0 spiro atoms. The zero-order valence-electron chi connectivity index (χ0n) is 33.0. The average molecular weight is 1030 g/mol. The summed E-state index contributed by atoms with van der Waals surface area (Å²) in [4.78, 5) is 0. The van der Waals surface area contributed by atoms with E-state index < -0.39 is 25.4 Å². The van der Waals surface area contributed by atoms with E-state index >= 15 is 0 Å². The van der Waals surface area contributed by atoms with Crippen LogP contribution >= 0.6 is 26.5 Å². The molecule has 0 atom stereocenters. The summed E-state index contributed by atoms with van der Waals surface area (Å²) in [5, 5.41) is 11.9. The van der Waals surface area contributed by atoms with E-state index in [1.165, 1.54) is 47.7 Å². The van der Waals surface area contributed by atoms with Crippen LogP contribution in [0.3, 0.4) is 0 Å². The first kappa shape index (κ1) is 41.2. The molecule has 0 fully saturated rings. The van der Waals surface area contributed by atoms with E-state index in [1.807, 2.05) is 0 Å². The third-order valence-corrected chi connectivity index (χ3v) is 114. The van der Waals surface area contributed by atoms with Crippen LogP contribution in [0.2, 0.25) is 0 Å². The van der Waals surface area contributed by atoms with E-state index in [-0.39, 0.29) is 0 Å². The Morgan fingerprint density at radius 3 is 0.417 bits per heavy atom. The molecule has 0 amide bonds. The molecule has 0 nitrogen and oxygen atoms in total. The minimum atomic E-state index is -5.41. The molecule has 0 aliphatic carbocycles.